The number of aryl methyl sites for hydroxylation is 1. The third-order valence-electron chi connectivity index (χ3n) is 5.19. The summed E-state index contributed by atoms with van der Waals surface area (Å²) >= 11 is 0. The number of carbonyl (C=O) groups excluding carboxylic acids is 2. The van der Waals surface area contributed by atoms with Gasteiger partial charge in [-0.05, 0) is 37.5 Å². The molecule has 2 amide bonds. The normalized spacial score (nSPS) is 11.9. The Labute approximate surface area is 168 Å². The first-order chi connectivity index (χ1) is 13.5. The SMILES string of the molecule is CCCC(=O)N(CC(=O)N(Cc1ccccc1)Cc1cccn1C)C(C)CC. The number of benzene rings is 1. The smallest absolute Gasteiger partial charge is 0.242 e. The molecular formula is C23H33N3O2. The molecule has 0 N–H and O–H groups in total. The number of amides is 2. The first-order valence-electron chi connectivity index (χ1n) is 10.2. The fourth-order valence-corrected chi connectivity index (χ4v) is 3.21. The first-order valence-corrected chi connectivity index (χ1v) is 10.2. The summed E-state index contributed by atoms with van der Waals surface area (Å²) in [5.41, 5.74) is 2.15. The molecule has 5 heteroatoms. The highest BCUT2D eigenvalue weighted by molar-refractivity contribution is 5.85. The molecule has 0 radical (unpaired) electrons. The Kier molecular flexibility index (Phi) is 8.30. The van der Waals surface area contributed by atoms with Crippen molar-refractivity contribution in [1.29, 1.82) is 0 Å². The molecule has 0 saturated carbocycles. The lowest BCUT2D eigenvalue weighted by atomic mass is 10.1. The Hall–Kier alpha value is -2.56. The van der Waals surface area contributed by atoms with E-state index < -0.39 is 0 Å². The molecule has 1 aromatic carbocycles. The van der Waals surface area contributed by atoms with Crippen LogP contribution in [0.2, 0.25) is 0 Å². The minimum absolute atomic E-state index is 0.0187. The minimum atomic E-state index is -0.0187. The highest BCUT2D eigenvalue weighted by Gasteiger charge is 2.24. The van der Waals surface area contributed by atoms with E-state index in [2.05, 4.69) is 0 Å². The van der Waals surface area contributed by atoms with Crippen molar-refractivity contribution in [2.75, 3.05) is 6.54 Å². The molecule has 28 heavy (non-hydrogen) atoms. The number of hydrogen-bond acceptors (Lipinski definition) is 2. The number of nitrogens with zero attached hydrogens (tertiary/aromatic N) is 3. The van der Waals surface area contributed by atoms with Gasteiger partial charge in [-0.2, -0.15) is 0 Å². The van der Waals surface area contributed by atoms with E-state index in [-0.39, 0.29) is 24.4 Å². The van der Waals surface area contributed by atoms with Crippen LogP contribution in [0.4, 0.5) is 0 Å². The zero-order chi connectivity index (χ0) is 20.5. The summed E-state index contributed by atoms with van der Waals surface area (Å²) in [6, 6.07) is 14.1. The van der Waals surface area contributed by atoms with E-state index in [0.29, 0.717) is 19.5 Å². The average Bonchev–Trinajstić information content (AvgIpc) is 3.10. The lowest BCUT2D eigenvalue weighted by Crippen LogP contribution is -2.46. The second-order valence-corrected chi connectivity index (χ2v) is 7.37. The van der Waals surface area contributed by atoms with Crippen LogP contribution in [0.3, 0.4) is 0 Å². The summed E-state index contributed by atoms with van der Waals surface area (Å²) in [6.07, 6.45) is 4.08. The van der Waals surface area contributed by atoms with Crippen LogP contribution in [0.15, 0.2) is 48.7 Å². The summed E-state index contributed by atoms with van der Waals surface area (Å²) in [5, 5.41) is 0. The molecule has 5 nitrogen and oxygen atoms in total. The molecule has 0 spiro atoms. The van der Waals surface area contributed by atoms with Gasteiger partial charge >= 0.3 is 0 Å². The second kappa shape index (κ2) is 10.7. The van der Waals surface area contributed by atoms with Gasteiger partial charge in [0.2, 0.25) is 11.8 Å². The summed E-state index contributed by atoms with van der Waals surface area (Å²) in [7, 11) is 1.98. The highest BCUT2D eigenvalue weighted by Crippen LogP contribution is 2.14. The van der Waals surface area contributed by atoms with Gasteiger partial charge in [0, 0.05) is 37.9 Å². The summed E-state index contributed by atoms with van der Waals surface area (Å²) in [4.78, 5) is 29.4. The molecule has 1 heterocycles. The second-order valence-electron chi connectivity index (χ2n) is 7.37. The fraction of sp³-hybridized carbons (Fsp3) is 0.478. The van der Waals surface area contributed by atoms with Crippen molar-refractivity contribution in [2.45, 2.75) is 59.2 Å². The molecule has 1 atom stereocenters. The first kappa shape index (κ1) is 21.7. The van der Waals surface area contributed by atoms with Gasteiger partial charge in [-0.1, -0.05) is 44.2 Å². The average molecular weight is 384 g/mol. The Morgan fingerprint density at radius 1 is 1.00 bits per heavy atom. The predicted octanol–water partition coefficient (Wildman–Crippen LogP) is 3.98. The van der Waals surface area contributed by atoms with E-state index in [9.17, 15) is 9.59 Å². The van der Waals surface area contributed by atoms with E-state index >= 15 is 0 Å². The topological polar surface area (TPSA) is 45.6 Å². The molecule has 2 aromatic rings. The van der Waals surface area contributed by atoms with Crippen molar-refractivity contribution < 1.29 is 9.59 Å². The third kappa shape index (κ3) is 5.98. The van der Waals surface area contributed by atoms with Gasteiger partial charge < -0.3 is 14.4 Å². The molecule has 0 aliphatic rings. The monoisotopic (exact) mass is 383 g/mol. The van der Waals surface area contributed by atoms with Gasteiger partial charge in [-0.3, -0.25) is 9.59 Å². The Morgan fingerprint density at radius 2 is 1.71 bits per heavy atom. The summed E-state index contributed by atoms with van der Waals surface area (Å²) < 4.78 is 2.03. The zero-order valence-electron chi connectivity index (χ0n) is 17.6. The van der Waals surface area contributed by atoms with Crippen molar-refractivity contribution in [3.8, 4) is 0 Å². The van der Waals surface area contributed by atoms with Crippen LogP contribution in [0.5, 0.6) is 0 Å². The number of rotatable bonds is 10. The van der Waals surface area contributed by atoms with E-state index in [4.69, 9.17) is 0 Å². The summed E-state index contributed by atoms with van der Waals surface area (Å²) in [5.74, 6) is 0.0403. The van der Waals surface area contributed by atoms with Gasteiger partial charge in [0.15, 0.2) is 0 Å². The molecular weight excluding hydrogens is 350 g/mol. The summed E-state index contributed by atoms with van der Waals surface area (Å²) in [6.45, 7) is 7.23. The lowest BCUT2D eigenvalue weighted by Gasteiger charge is -2.31. The van der Waals surface area contributed by atoms with Crippen LogP contribution in [-0.2, 0) is 29.7 Å². The van der Waals surface area contributed by atoms with Gasteiger partial charge in [-0.25, -0.2) is 0 Å². The molecule has 0 fully saturated rings. The van der Waals surface area contributed by atoms with Crippen LogP contribution in [0.25, 0.3) is 0 Å². The Balaban J connectivity index is 2.20. The Morgan fingerprint density at radius 3 is 2.29 bits per heavy atom. The van der Waals surface area contributed by atoms with E-state index in [1.165, 1.54) is 0 Å². The lowest BCUT2D eigenvalue weighted by molar-refractivity contribution is -0.143. The van der Waals surface area contributed by atoms with E-state index in [1.54, 1.807) is 4.90 Å². The standard InChI is InChI=1S/C23H33N3O2/c1-5-11-22(27)26(19(3)6-2)18-23(28)25(16-20-12-8-7-9-13-20)17-21-14-10-15-24(21)4/h7-10,12-15,19H,5-6,11,16-18H2,1-4H3. The van der Waals surface area contributed by atoms with Crippen molar-refractivity contribution in [2.24, 2.45) is 7.05 Å². The van der Waals surface area contributed by atoms with Crippen molar-refractivity contribution in [1.82, 2.24) is 14.4 Å². The van der Waals surface area contributed by atoms with Crippen LogP contribution in [-0.4, -0.2) is 38.8 Å². The van der Waals surface area contributed by atoms with E-state index in [0.717, 1.165) is 24.1 Å². The fourth-order valence-electron chi connectivity index (χ4n) is 3.21. The maximum absolute atomic E-state index is 13.2. The maximum Gasteiger partial charge on any atom is 0.242 e. The molecule has 0 saturated heterocycles. The van der Waals surface area contributed by atoms with Crippen molar-refractivity contribution in [3.05, 3.63) is 59.9 Å². The molecule has 0 aliphatic carbocycles. The third-order valence-corrected chi connectivity index (χ3v) is 5.19. The predicted molar refractivity (Wildman–Crippen MR) is 112 cm³/mol. The van der Waals surface area contributed by atoms with E-state index in [1.807, 2.05) is 85.9 Å². The maximum atomic E-state index is 13.2. The zero-order valence-corrected chi connectivity index (χ0v) is 17.6. The van der Waals surface area contributed by atoms with Crippen molar-refractivity contribution >= 4 is 11.8 Å². The molecule has 2 rings (SSSR count). The highest BCUT2D eigenvalue weighted by atomic mass is 16.2. The molecule has 152 valence electrons. The molecule has 1 unspecified atom stereocenters. The number of carbonyl (C=O) groups is 2. The number of hydrogen-bond donors (Lipinski definition) is 0. The van der Waals surface area contributed by atoms with Gasteiger partial charge in [0.1, 0.15) is 6.54 Å². The van der Waals surface area contributed by atoms with Crippen LogP contribution >= 0.6 is 0 Å². The molecule has 0 bridgehead atoms. The quantitative estimate of drug-likeness (QED) is 0.623. The molecule has 0 aliphatic heterocycles. The Bertz CT molecular complexity index is 754. The van der Waals surface area contributed by atoms with Crippen LogP contribution in [0, 0.1) is 0 Å². The van der Waals surface area contributed by atoms with Crippen molar-refractivity contribution in [3.63, 3.8) is 0 Å². The minimum Gasteiger partial charge on any atom is -0.353 e. The van der Waals surface area contributed by atoms with Gasteiger partial charge in [0.25, 0.3) is 0 Å². The van der Waals surface area contributed by atoms with Gasteiger partial charge in [-0.15, -0.1) is 0 Å². The number of aromatic nitrogens is 1. The molecule has 1 aromatic heterocycles. The van der Waals surface area contributed by atoms with Gasteiger partial charge in [0.05, 0.1) is 6.54 Å². The van der Waals surface area contributed by atoms with Crippen LogP contribution in [0.1, 0.15) is 51.3 Å². The van der Waals surface area contributed by atoms with Crippen LogP contribution < -0.4 is 0 Å². The largest absolute Gasteiger partial charge is 0.353 e.